The fraction of sp³-hybridized carbons (Fsp3) is 0.261. The van der Waals surface area contributed by atoms with Crippen LogP contribution in [0.4, 0.5) is 5.13 Å². The van der Waals surface area contributed by atoms with Gasteiger partial charge in [0.2, 0.25) is 5.91 Å². The maximum atomic E-state index is 13.1. The van der Waals surface area contributed by atoms with Crippen molar-refractivity contribution in [2.45, 2.75) is 32.4 Å². The fourth-order valence-corrected chi connectivity index (χ4v) is 4.14. The molecule has 1 saturated heterocycles. The first-order valence-corrected chi connectivity index (χ1v) is 10.8. The van der Waals surface area contributed by atoms with E-state index in [4.69, 9.17) is 4.74 Å². The Morgan fingerprint density at radius 1 is 1.23 bits per heavy atom. The zero-order chi connectivity index (χ0) is 20.9. The summed E-state index contributed by atoms with van der Waals surface area (Å²) in [5, 5.41) is 5.15. The van der Waals surface area contributed by atoms with E-state index in [2.05, 4.69) is 16.4 Å². The quantitative estimate of drug-likeness (QED) is 0.645. The second-order valence-electron chi connectivity index (χ2n) is 7.29. The van der Waals surface area contributed by atoms with Crippen LogP contribution in [0.15, 0.2) is 60.1 Å². The van der Waals surface area contributed by atoms with E-state index in [0.717, 1.165) is 12.0 Å². The fourth-order valence-electron chi connectivity index (χ4n) is 3.61. The maximum Gasteiger partial charge on any atom is 0.254 e. The monoisotopic (exact) mass is 421 g/mol. The van der Waals surface area contributed by atoms with Crippen molar-refractivity contribution in [1.82, 2.24) is 9.88 Å². The zero-order valence-electron chi connectivity index (χ0n) is 16.7. The molecule has 0 aliphatic carbocycles. The van der Waals surface area contributed by atoms with Gasteiger partial charge in [-0.25, -0.2) is 4.98 Å². The SMILES string of the molecule is Cc1cccc(COc2cccc(C(=O)N3CCCC3C(=O)Nc3nccs3)c2)c1. The lowest BCUT2D eigenvalue weighted by molar-refractivity contribution is -0.119. The third kappa shape index (κ3) is 4.68. The Hall–Kier alpha value is -3.19. The van der Waals surface area contributed by atoms with Gasteiger partial charge in [-0.15, -0.1) is 11.3 Å². The number of carbonyl (C=O) groups is 2. The molecule has 3 aromatic rings. The second kappa shape index (κ2) is 9.09. The second-order valence-corrected chi connectivity index (χ2v) is 8.18. The van der Waals surface area contributed by atoms with Gasteiger partial charge in [0, 0.05) is 23.7 Å². The smallest absolute Gasteiger partial charge is 0.254 e. The van der Waals surface area contributed by atoms with Gasteiger partial charge in [0.15, 0.2) is 5.13 Å². The molecule has 2 heterocycles. The highest BCUT2D eigenvalue weighted by molar-refractivity contribution is 7.13. The average molecular weight is 422 g/mol. The van der Waals surface area contributed by atoms with Crippen LogP contribution >= 0.6 is 11.3 Å². The van der Waals surface area contributed by atoms with Crippen molar-refractivity contribution in [2.24, 2.45) is 0 Å². The van der Waals surface area contributed by atoms with Crippen molar-refractivity contribution in [2.75, 3.05) is 11.9 Å². The van der Waals surface area contributed by atoms with E-state index in [1.807, 2.05) is 31.2 Å². The molecule has 1 N–H and O–H groups in total. The van der Waals surface area contributed by atoms with Gasteiger partial charge in [0.1, 0.15) is 18.4 Å². The number of thiazole rings is 1. The molecule has 0 bridgehead atoms. The number of benzene rings is 2. The van der Waals surface area contributed by atoms with Crippen LogP contribution in [0.2, 0.25) is 0 Å². The summed E-state index contributed by atoms with van der Waals surface area (Å²) in [4.78, 5) is 31.5. The molecule has 2 aromatic carbocycles. The number of hydrogen-bond donors (Lipinski definition) is 1. The number of amides is 2. The predicted octanol–water partition coefficient (Wildman–Crippen LogP) is 4.27. The summed E-state index contributed by atoms with van der Waals surface area (Å²) >= 11 is 1.36. The molecule has 0 saturated carbocycles. The van der Waals surface area contributed by atoms with Gasteiger partial charge in [-0.2, -0.15) is 0 Å². The summed E-state index contributed by atoms with van der Waals surface area (Å²) in [6.45, 7) is 3.03. The van der Waals surface area contributed by atoms with Crippen LogP contribution in [0.3, 0.4) is 0 Å². The van der Waals surface area contributed by atoms with E-state index in [9.17, 15) is 9.59 Å². The molecule has 0 radical (unpaired) electrons. The molecule has 6 nitrogen and oxygen atoms in total. The zero-order valence-corrected chi connectivity index (χ0v) is 17.5. The van der Waals surface area contributed by atoms with Crippen LogP contribution in [-0.4, -0.2) is 34.3 Å². The molecule has 1 atom stereocenters. The molecular weight excluding hydrogens is 398 g/mol. The minimum atomic E-state index is -0.488. The van der Waals surface area contributed by atoms with Gasteiger partial charge >= 0.3 is 0 Å². The number of likely N-dealkylation sites (tertiary alicyclic amines) is 1. The summed E-state index contributed by atoms with van der Waals surface area (Å²) in [6.07, 6.45) is 3.08. The Kier molecular flexibility index (Phi) is 6.09. The van der Waals surface area contributed by atoms with Crippen LogP contribution in [0.5, 0.6) is 5.75 Å². The molecule has 1 unspecified atom stereocenters. The first-order chi connectivity index (χ1) is 14.6. The highest BCUT2D eigenvalue weighted by Crippen LogP contribution is 2.24. The van der Waals surface area contributed by atoms with Crippen molar-refractivity contribution >= 4 is 28.3 Å². The molecule has 154 valence electrons. The number of anilines is 1. The first-order valence-electron chi connectivity index (χ1n) is 9.90. The third-order valence-electron chi connectivity index (χ3n) is 5.05. The van der Waals surface area contributed by atoms with E-state index in [1.54, 1.807) is 34.7 Å². The number of aromatic nitrogens is 1. The van der Waals surface area contributed by atoms with Crippen LogP contribution in [-0.2, 0) is 11.4 Å². The molecule has 1 aliphatic rings. The number of ether oxygens (including phenoxy) is 1. The van der Waals surface area contributed by atoms with Crippen molar-refractivity contribution in [3.8, 4) is 5.75 Å². The lowest BCUT2D eigenvalue weighted by Gasteiger charge is -2.23. The molecule has 1 fully saturated rings. The maximum absolute atomic E-state index is 13.1. The van der Waals surface area contributed by atoms with E-state index >= 15 is 0 Å². The molecule has 30 heavy (non-hydrogen) atoms. The standard InChI is InChI=1S/C23H23N3O3S/c1-16-5-2-6-17(13-16)15-29-19-8-3-7-18(14-19)22(28)26-11-4-9-20(26)21(27)25-23-24-10-12-30-23/h2-3,5-8,10,12-14,20H,4,9,11,15H2,1H3,(H,24,25,27). The van der Waals surface area contributed by atoms with Crippen LogP contribution in [0, 0.1) is 6.92 Å². The van der Waals surface area contributed by atoms with Crippen molar-refractivity contribution < 1.29 is 14.3 Å². The number of rotatable bonds is 6. The summed E-state index contributed by atoms with van der Waals surface area (Å²) < 4.78 is 5.89. The first kappa shape index (κ1) is 20.1. The minimum absolute atomic E-state index is 0.159. The topological polar surface area (TPSA) is 71.5 Å². The van der Waals surface area contributed by atoms with Gasteiger partial charge in [-0.3, -0.25) is 9.59 Å². The van der Waals surface area contributed by atoms with E-state index in [-0.39, 0.29) is 11.8 Å². The van der Waals surface area contributed by atoms with Crippen molar-refractivity contribution in [3.63, 3.8) is 0 Å². The lowest BCUT2D eigenvalue weighted by atomic mass is 10.1. The van der Waals surface area contributed by atoms with Gasteiger partial charge < -0.3 is 15.0 Å². The van der Waals surface area contributed by atoms with Crippen LogP contribution in [0.25, 0.3) is 0 Å². The molecule has 4 rings (SSSR count). The molecule has 1 aliphatic heterocycles. The number of nitrogens with zero attached hydrogens (tertiary/aromatic N) is 2. The average Bonchev–Trinajstić information content (AvgIpc) is 3.44. The third-order valence-corrected chi connectivity index (χ3v) is 5.74. The highest BCUT2D eigenvalue weighted by Gasteiger charge is 2.34. The van der Waals surface area contributed by atoms with E-state index in [1.165, 1.54) is 16.9 Å². The van der Waals surface area contributed by atoms with Gasteiger partial charge in [-0.05, 0) is 43.5 Å². The van der Waals surface area contributed by atoms with Crippen LogP contribution < -0.4 is 10.1 Å². The molecule has 2 amide bonds. The Bertz CT molecular complexity index is 1040. The number of carbonyl (C=O) groups excluding carboxylic acids is 2. The van der Waals surface area contributed by atoms with E-state index in [0.29, 0.717) is 36.0 Å². The predicted molar refractivity (Wildman–Crippen MR) is 117 cm³/mol. The number of hydrogen-bond acceptors (Lipinski definition) is 5. The molecule has 1 aromatic heterocycles. The number of nitrogens with one attached hydrogen (secondary N) is 1. The molecule has 7 heteroatoms. The van der Waals surface area contributed by atoms with E-state index < -0.39 is 6.04 Å². The number of aryl methyl sites for hydroxylation is 1. The van der Waals surface area contributed by atoms with Gasteiger partial charge in [0.25, 0.3) is 5.91 Å². The normalized spacial score (nSPS) is 15.8. The lowest BCUT2D eigenvalue weighted by Crippen LogP contribution is -2.43. The van der Waals surface area contributed by atoms with Crippen molar-refractivity contribution in [1.29, 1.82) is 0 Å². The molecular formula is C23H23N3O3S. The Morgan fingerprint density at radius 3 is 2.90 bits per heavy atom. The summed E-state index contributed by atoms with van der Waals surface area (Å²) in [5.41, 5.74) is 2.77. The summed E-state index contributed by atoms with van der Waals surface area (Å²) in [5.74, 6) is 0.279. The van der Waals surface area contributed by atoms with Gasteiger partial charge in [0.05, 0.1) is 0 Å². The summed E-state index contributed by atoms with van der Waals surface area (Å²) in [6, 6.07) is 14.8. The molecule has 0 spiro atoms. The van der Waals surface area contributed by atoms with Gasteiger partial charge in [-0.1, -0.05) is 35.9 Å². The Balaban J connectivity index is 1.43. The minimum Gasteiger partial charge on any atom is -0.489 e. The Labute approximate surface area is 179 Å². The summed E-state index contributed by atoms with van der Waals surface area (Å²) in [7, 11) is 0. The Morgan fingerprint density at radius 2 is 2.10 bits per heavy atom. The van der Waals surface area contributed by atoms with Crippen LogP contribution in [0.1, 0.15) is 34.3 Å². The van der Waals surface area contributed by atoms with Crippen molar-refractivity contribution in [3.05, 3.63) is 76.8 Å². The highest BCUT2D eigenvalue weighted by atomic mass is 32.1. The largest absolute Gasteiger partial charge is 0.489 e.